The largest absolute Gasteiger partial charge is 1.00 e. The third kappa shape index (κ3) is 8.22. The van der Waals surface area contributed by atoms with Gasteiger partial charge in [0.1, 0.15) is 0 Å². The van der Waals surface area contributed by atoms with Crippen LogP contribution in [0.1, 0.15) is 12.5 Å². The fourth-order valence-electron chi connectivity index (χ4n) is 0.975. The number of methoxy groups -OCH3 is 1. The van der Waals surface area contributed by atoms with Gasteiger partial charge in [-0.3, -0.25) is 0 Å². The molecule has 4 nitrogen and oxygen atoms in total. The zero-order chi connectivity index (χ0) is 11.8. The molecule has 0 bridgehead atoms. The van der Waals surface area contributed by atoms with Crippen LogP contribution in [-0.4, -0.2) is 37.8 Å². The van der Waals surface area contributed by atoms with E-state index in [0.717, 1.165) is 5.56 Å². The molecule has 0 spiro atoms. The zero-order valence-corrected chi connectivity index (χ0v) is 11.3. The number of allylic oxidation sites excluding steroid dienone is 1. The fraction of sp³-hybridized carbons (Fsp3) is 0.167. The fourth-order valence-corrected chi connectivity index (χ4v) is 0.975. The minimum absolute atomic E-state index is 0. The van der Waals surface area contributed by atoms with Crippen molar-refractivity contribution in [2.75, 3.05) is 7.11 Å². The molecule has 0 aliphatic carbocycles. The molecule has 85 valence electrons. The Labute approximate surface area is 131 Å². The number of benzene rings is 1. The van der Waals surface area contributed by atoms with Crippen molar-refractivity contribution >= 4 is 36.7 Å². The van der Waals surface area contributed by atoms with E-state index in [-0.39, 0.29) is 37.7 Å². The molecule has 0 unspecified atom stereocenters. The van der Waals surface area contributed by atoms with E-state index in [1.165, 1.54) is 7.11 Å². The number of hydrogen-bond donors (Lipinski definition) is 0. The van der Waals surface area contributed by atoms with E-state index in [1.807, 2.05) is 36.4 Å². The van der Waals surface area contributed by atoms with E-state index in [2.05, 4.69) is 14.9 Å². The van der Waals surface area contributed by atoms with Crippen molar-refractivity contribution in [3.05, 3.63) is 42.0 Å². The number of hydrogen-bond acceptors (Lipinski definition) is 4. The quantitative estimate of drug-likeness (QED) is 0.263. The molecule has 1 radical (unpaired) electrons. The van der Waals surface area contributed by atoms with Crippen LogP contribution in [0.15, 0.2) is 46.6 Å². The van der Waals surface area contributed by atoms with Crippen molar-refractivity contribution in [3.63, 3.8) is 0 Å². The predicted molar refractivity (Wildman–Crippen MR) is 68.8 cm³/mol. The molecule has 0 atom stereocenters. The van der Waals surface area contributed by atoms with Gasteiger partial charge in [-0.25, -0.2) is 0 Å². The molecule has 18 heavy (non-hydrogen) atoms. The summed E-state index contributed by atoms with van der Waals surface area (Å²) < 4.78 is 4.33. The first-order valence-corrected chi connectivity index (χ1v) is 4.79. The summed E-state index contributed by atoms with van der Waals surface area (Å²) in [5, 5.41) is 17.7. The average Bonchev–Trinajstić information content (AvgIpc) is 2.34. The molecular formula is C12H13Li2N2O2. The minimum Gasteiger partial charge on any atom is -0.602 e. The molecule has 0 aliphatic heterocycles. The molecule has 1 aromatic carbocycles. The van der Waals surface area contributed by atoms with Gasteiger partial charge in [0.25, 0.3) is 0 Å². The van der Waals surface area contributed by atoms with Crippen LogP contribution in [0, 0.1) is 0 Å². The first-order chi connectivity index (χ1) is 7.72. The number of nitrogens with zero attached hydrogens (tertiary/aromatic N) is 2. The summed E-state index contributed by atoms with van der Waals surface area (Å²) in [6, 6.07) is 9.79. The Bertz CT molecular complexity index is 417. The van der Waals surface area contributed by atoms with Crippen molar-refractivity contribution in [1.82, 2.24) is 0 Å². The minimum atomic E-state index is -0.701. The molecule has 6 heteroatoms. The van der Waals surface area contributed by atoms with Crippen molar-refractivity contribution in [1.29, 1.82) is 0 Å². The molecule has 0 fully saturated rings. The second-order valence-electron chi connectivity index (χ2n) is 3.06. The van der Waals surface area contributed by atoms with Crippen molar-refractivity contribution in [2.24, 2.45) is 10.2 Å². The maximum atomic E-state index is 10.7. The summed E-state index contributed by atoms with van der Waals surface area (Å²) >= 11 is 0. The van der Waals surface area contributed by atoms with Crippen LogP contribution >= 0.6 is 0 Å². The molecule has 0 saturated heterocycles. The Kier molecular flexibility index (Phi) is 12.1. The van der Waals surface area contributed by atoms with Gasteiger partial charge in [0, 0.05) is 18.9 Å². The summed E-state index contributed by atoms with van der Waals surface area (Å²) in [5.74, 6) is 0. The molecule has 0 N–H and O–H groups in total. The van der Waals surface area contributed by atoms with Crippen molar-refractivity contribution < 1.29 is 28.7 Å². The number of rotatable bonds is 3. The Morgan fingerprint density at radius 2 is 1.83 bits per heavy atom. The van der Waals surface area contributed by atoms with E-state index in [0.29, 0.717) is 5.71 Å². The third-order valence-electron chi connectivity index (χ3n) is 1.78. The van der Waals surface area contributed by atoms with Crippen molar-refractivity contribution in [2.45, 2.75) is 6.92 Å². The molecule has 1 rings (SSSR count). The van der Waals surface area contributed by atoms with Gasteiger partial charge < -0.3 is 9.84 Å². The normalized spacial score (nSPS) is 11.7. The summed E-state index contributed by atoms with van der Waals surface area (Å²) in [6.45, 7) is 1.76. The SMILES string of the molecule is COC([O-])=N/N=C(C)\C=C\c1ccccc1.[Li+].[Li]. The molecule has 0 heterocycles. The molecule has 0 saturated carbocycles. The molecule has 1 aromatic rings. The molecule has 0 aliphatic rings. The summed E-state index contributed by atoms with van der Waals surface area (Å²) in [7, 11) is 1.26. The summed E-state index contributed by atoms with van der Waals surface area (Å²) in [5.41, 5.74) is 1.70. The molecule has 0 amide bonds. The van der Waals surface area contributed by atoms with E-state index in [9.17, 15) is 5.11 Å². The van der Waals surface area contributed by atoms with Gasteiger partial charge in [0.2, 0.25) is 0 Å². The molecule has 0 aromatic heterocycles. The maximum Gasteiger partial charge on any atom is 1.00 e. The smallest absolute Gasteiger partial charge is 0.602 e. The number of ether oxygens (including phenoxy) is 1. The van der Waals surface area contributed by atoms with Gasteiger partial charge in [-0.15, -0.1) is 5.10 Å². The maximum absolute atomic E-state index is 10.7. The van der Waals surface area contributed by atoms with Crippen LogP contribution in [0.5, 0.6) is 0 Å². The second-order valence-corrected chi connectivity index (χ2v) is 3.06. The van der Waals surface area contributed by atoms with E-state index in [4.69, 9.17) is 0 Å². The zero-order valence-electron chi connectivity index (χ0n) is 11.3. The van der Waals surface area contributed by atoms with Crippen LogP contribution in [-0.2, 0) is 4.74 Å². The van der Waals surface area contributed by atoms with Gasteiger partial charge in [0.15, 0.2) is 6.08 Å². The standard InChI is InChI=1S/C12H14N2O2.2Li/c1-10(13-14-12(15)16-2)8-9-11-6-4-3-5-7-11;;/h3-9H,1-2H3,(H,14,15);;/q;;+1/p-1/b9-8+,13-10-;;. The van der Waals surface area contributed by atoms with E-state index >= 15 is 0 Å². The van der Waals surface area contributed by atoms with Crippen LogP contribution in [0.2, 0.25) is 0 Å². The predicted octanol–water partition coefficient (Wildman–Crippen LogP) is -1.94. The monoisotopic (exact) mass is 231 g/mol. The van der Waals surface area contributed by atoms with Gasteiger partial charge in [0.05, 0.1) is 5.71 Å². The Balaban J connectivity index is 0. The van der Waals surface area contributed by atoms with Crippen LogP contribution in [0.25, 0.3) is 6.08 Å². The second kappa shape index (κ2) is 11.2. The van der Waals surface area contributed by atoms with Crippen LogP contribution in [0.4, 0.5) is 0 Å². The first kappa shape index (κ1) is 19.4. The topological polar surface area (TPSA) is 57.0 Å². The summed E-state index contributed by atoms with van der Waals surface area (Å²) in [6.07, 6.45) is 2.97. The van der Waals surface area contributed by atoms with E-state index < -0.39 is 6.08 Å². The third-order valence-corrected chi connectivity index (χ3v) is 1.78. The van der Waals surface area contributed by atoms with Crippen LogP contribution in [0.3, 0.4) is 0 Å². The van der Waals surface area contributed by atoms with Gasteiger partial charge >= 0.3 is 18.9 Å². The van der Waals surface area contributed by atoms with Gasteiger partial charge in [-0.05, 0) is 25.7 Å². The Morgan fingerprint density at radius 1 is 1.22 bits per heavy atom. The van der Waals surface area contributed by atoms with E-state index in [1.54, 1.807) is 13.0 Å². The summed E-state index contributed by atoms with van der Waals surface area (Å²) in [4.78, 5) is 0. The Hall–Kier alpha value is -0.905. The van der Waals surface area contributed by atoms with Gasteiger partial charge in [-0.1, -0.05) is 36.4 Å². The molecular weight excluding hydrogens is 218 g/mol. The average molecular weight is 231 g/mol. The van der Waals surface area contributed by atoms with Crippen LogP contribution < -0.4 is 24.0 Å². The van der Waals surface area contributed by atoms with Crippen molar-refractivity contribution in [3.8, 4) is 0 Å². The first-order valence-electron chi connectivity index (χ1n) is 4.79. The Morgan fingerprint density at radius 3 is 2.39 bits per heavy atom. The van der Waals surface area contributed by atoms with Gasteiger partial charge in [-0.2, -0.15) is 5.10 Å².